The van der Waals surface area contributed by atoms with E-state index < -0.39 is 8.07 Å². The van der Waals surface area contributed by atoms with Crippen LogP contribution in [0.1, 0.15) is 30.5 Å². The predicted octanol–water partition coefficient (Wildman–Crippen LogP) is 12.5. The van der Waals surface area contributed by atoms with Crippen LogP contribution in [0.15, 0.2) is 132 Å². The number of hydrogen-bond acceptors (Lipinski definition) is 4. The summed E-state index contributed by atoms with van der Waals surface area (Å²) in [5.74, 6) is 1.13. The van der Waals surface area contributed by atoms with Gasteiger partial charge in [0.25, 0.3) is 0 Å². The quantitative estimate of drug-likeness (QED) is 0.118. The Balaban J connectivity index is 0.000000200. The molecule has 4 heterocycles. The molecule has 5 aromatic carbocycles. The number of aromatic nitrogens is 4. The van der Waals surface area contributed by atoms with Crippen molar-refractivity contribution in [2.75, 3.05) is 0 Å². The Hall–Kier alpha value is -5.53. The van der Waals surface area contributed by atoms with Gasteiger partial charge in [-0.25, -0.2) is 4.98 Å². The van der Waals surface area contributed by atoms with Crippen LogP contribution >= 0.6 is 0 Å². The van der Waals surface area contributed by atoms with Gasteiger partial charge in [0, 0.05) is 48.8 Å². The maximum absolute atomic E-state index is 13.0. The number of halogens is 1. The smallest absolute Gasteiger partial charge is 0.216 e. The van der Waals surface area contributed by atoms with Crippen molar-refractivity contribution < 1.29 is 28.9 Å². The summed E-state index contributed by atoms with van der Waals surface area (Å²) < 4.78 is 21.7. The molecule has 0 unspecified atom stereocenters. The second kappa shape index (κ2) is 16.7. The van der Waals surface area contributed by atoms with Crippen LogP contribution in [-0.4, -0.2) is 27.6 Å². The minimum absolute atomic E-state index is 0. The van der Waals surface area contributed by atoms with Crippen LogP contribution in [0.2, 0.25) is 19.6 Å². The summed E-state index contributed by atoms with van der Waals surface area (Å²) in [6.07, 6.45) is 3.08. The molecule has 0 aliphatic rings. The van der Waals surface area contributed by atoms with E-state index in [9.17, 15) is 4.39 Å². The minimum atomic E-state index is -1.41. The van der Waals surface area contributed by atoms with Crippen molar-refractivity contribution in [3.05, 3.63) is 162 Å². The van der Waals surface area contributed by atoms with Crippen LogP contribution in [0.3, 0.4) is 0 Å². The topological polar surface area (TPSA) is 56.7 Å². The number of imidazole rings is 1. The molecule has 0 saturated carbocycles. The van der Waals surface area contributed by atoms with Gasteiger partial charge in [0.2, 0.25) is 5.71 Å². The Morgan fingerprint density at radius 2 is 1.52 bits per heavy atom. The summed E-state index contributed by atoms with van der Waals surface area (Å²) in [5, 5.41) is 3.41. The fourth-order valence-corrected chi connectivity index (χ4v) is 9.26. The van der Waals surface area contributed by atoms with E-state index in [0.29, 0.717) is 11.6 Å². The van der Waals surface area contributed by atoms with Crippen LogP contribution in [0.25, 0.3) is 72.7 Å². The zero-order chi connectivity index (χ0) is 39.8. The second-order valence-electron chi connectivity index (χ2n) is 16.1. The first-order chi connectivity index (χ1) is 27.5. The monoisotopic (exact) mass is 957 g/mol. The zero-order valence-corrected chi connectivity index (χ0v) is 37.2. The van der Waals surface area contributed by atoms with Crippen LogP contribution in [0, 0.1) is 37.7 Å². The third-order valence-electron chi connectivity index (χ3n) is 10.3. The van der Waals surface area contributed by atoms with Crippen LogP contribution < -0.4 is 5.19 Å². The van der Waals surface area contributed by atoms with Crippen molar-refractivity contribution in [1.29, 1.82) is 0 Å². The molecule has 0 bridgehead atoms. The van der Waals surface area contributed by atoms with Gasteiger partial charge in [-0.1, -0.05) is 105 Å². The first-order valence-corrected chi connectivity index (χ1v) is 23.0. The average Bonchev–Trinajstić information content (AvgIpc) is 3.77. The molecular weight excluding hydrogens is 912 g/mol. The van der Waals surface area contributed by atoms with E-state index in [1.807, 2.05) is 54.7 Å². The summed E-state index contributed by atoms with van der Waals surface area (Å²) in [5.41, 5.74) is 12.8. The van der Waals surface area contributed by atoms with Gasteiger partial charge in [0.1, 0.15) is 0 Å². The van der Waals surface area contributed by atoms with Crippen molar-refractivity contribution in [3.8, 4) is 39.6 Å². The number of furan rings is 1. The van der Waals surface area contributed by atoms with Gasteiger partial charge in [0.05, 0.1) is 36.2 Å². The molecule has 0 aliphatic heterocycles. The molecule has 293 valence electrons. The maximum atomic E-state index is 13.0. The number of hydrogen-bond donors (Lipinski definition) is 0. The molecule has 58 heavy (non-hydrogen) atoms. The van der Waals surface area contributed by atoms with Gasteiger partial charge in [-0.2, -0.15) is 0 Å². The molecule has 0 aliphatic carbocycles. The Kier molecular flexibility index (Phi) is 11.7. The number of pyridine rings is 2. The van der Waals surface area contributed by atoms with E-state index in [1.54, 1.807) is 6.07 Å². The number of para-hydroxylation sites is 3. The number of aryl methyl sites for hydroxylation is 2. The van der Waals surface area contributed by atoms with E-state index in [0.717, 1.165) is 73.4 Å². The van der Waals surface area contributed by atoms with Crippen molar-refractivity contribution >= 4 is 46.4 Å². The van der Waals surface area contributed by atoms with E-state index in [1.165, 1.54) is 34.0 Å². The predicted molar refractivity (Wildman–Crippen MR) is 235 cm³/mol. The summed E-state index contributed by atoms with van der Waals surface area (Å²) in [7, 11) is -1.41. The number of benzene rings is 5. The Morgan fingerprint density at radius 3 is 2.22 bits per heavy atom. The van der Waals surface area contributed by atoms with Gasteiger partial charge in [-0.05, 0) is 84.6 Å². The van der Waals surface area contributed by atoms with Crippen LogP contribution in [-0.2, 0) is 26.5 Å². The Labute approximate surface area is 354 Å². The maximum Gasteiger partial charge on any atom is 0.216 e. The molecule has 9 rings (SSSR count). The molecule has 0 atom stereocenters. The fourth-order valence-electron chi connectivity index (χ4n) is 7.67. The molecule has 0 spiro atoms. The molecule has 5 nitrogen and oxygen atoms in total. The van der Waals surface area contributed by atoms with Gasteiger partial charge < -0.3 is 14.0 Å². The molecule has 9 aromatic rings. The van der Waals surface area contributed by atoms with Crippen LogP contribution in [0.5, 0.6) is 0 Å². The van der Waals surface area contributed by atoms with Crippen molar-refractivity contribution in [3.63, 3.8) is 0 Å². The SMILES string of the molecule is CC(C)Cc1cc(-c2[c-]cc(F)cc2)ncc1[Si](C)(C)C.Cc1cccc(C)c1-c1ccc2c(n1)oc1c(-c3nc4ccccc4n3-c3ccccc3)[c-]ccc12.[Ir]. The first-order valence-electron chi connectivity index (χ1n) is 19.5. The second-order valence-corrected chi connectivity index (χ2v) is 21.1. The summed E-state index contributed by atoms with van der Waals surface area (Å²) in [6, 6.07) is 46.1. The van der Waals surface area contributed by atoms with Crippen molar-refractivity contribution in [1.82, 2.24) is 19.5 Å². The minimum Gasteiger partial charge on any atom is -0.486 e. The normalized spacial score (nSPS) is 11.5. The van der Waals surface area contributed by atoms with E-state index in [4.69, 9.17) is 14.4 Å². The summed E-state index contributed by atoms with van der Waals surface area (Å²) in [6.45, 7) is 15.7. The standard InChI is InChI=1S/C32H22N3O.C18H23FNSi.Ir/c1-20-10-8-11-21(2)29(20)27-19-18-24-23-14-9-15-25(30(23)36-32(24)34-27)31-33-26-16-6-7-17-28(26)35(31)22-12-4-3-5-13-22;1-13(2)10-15-11-17(14-6-8-16(19)9-7-14)20-12-18(15)21(3,4)5;/h3-14,16-19H,1-2H3;6,8-9,11-13H,10H2,1-5H3;/q2*-1;. The van der Waals surface area contributed by atoms with Gasteiger partial charge in [0.15, 0.2) is 0 Å². The van der Waals surface area contributed by atoms with Crippen molar-refractivity contribution in [2.24, 2.45) is 5.92 Å². The summed E-state index contributed by atoms with van der Waals surface area (Å²) >= 11 is 0. The molecule has 1 radical (unpaired) electrons. The van der Waals surface area contributed by atoms with Gasteiger partial charge >= 0.3 is 0 Å². The zero-order valence-electron chi connectivity index (χ0n) is 33.8. The number of nitrogens with zero attached hydrogens (tertiary/aromatic N) is 4. The first kappa shape index (κ1) is 40.7. The van der Waals surface area contributed by atoms with Gasteiger partial charge in [-0.15, -0.1) is 48.0 Å². The van der Waals surface area contributed by atoms with E-state index in [2.05, 4.69) is 124 Å². The van der Waals surface area contributed by atoms with Crippen molar-refractivity contribution in [2.45, 2.75) is 53.8 Å². The molecule has 4 aromatic heterocycles. The summed E-state index contributed by atoms with van der Waals surface area (Å²) in [4.78, 5) is 14.6. The molecule has 0 N–H and O–H groups in total. The molecule has 0 saturated heterocycles. The van der Waals surface area contributed by atoms with E-state index >= 15 is 0 Å². The molecule has 0 amide bonds. The molecule has 8 heteroatoms. The van der Waals surface area contributed by atoms with Crippen LogP contribution in [0.4, 0.5) is 4.39 Å². The number of rotatable bonds is 7. The van der Waals surface area contributed by atoms with Gasteiger partial charge in [-0.3, -0.25) is 9.37 Å². The third-order valence-corrected chi connectivity index (χ3v) is 12.4. The average molecular weight is 957 g/mol. The molecule has 0 fully saturated rings. The Bertz CT molecular complexity index is 2860. The number of fused-ring (bicyclic) bond motifs is 4. The fraction of sp³-hybridized carbons (Fsp3) is 0.180. The van der Waals surface area contributed by atoms with E-state index in [-0.39, 0.29) is 25.9 Å². The third kappa shape index (κ3) is 8.10. The largest absolute Gasteiger partial charge is 0.486 e. The molecular formula is C50H45FIrN4OSi-2. The Morgan fingerprint density at radius 1 is 0.776 bits per heavy atom.